The summed E-state index contributed by atoms with van der Waals surface area (Å²) in [7, 11) is 0.966. The number of hydrogen-bond acceptors (Lipinski definition) is 3. The van der Waals surface area contributed by atoms with Crippen LogP contribution in [-0.4, -0.2) is 25.9 Å². The zero-order valence-electron chi connectivity index (χ0n) is 9.57. The lowest BCUT2D eigenvalue weighted by Gasteiger charge is -2.14. The Bertz CT molecular complexity index is 333. The first kappa shape index (κ1) is 13.2. The van der Waals surface area contributed by atoms with Gasteiger partial charge in [0.15, 0.2) is 0 Å². The highest BCUT2D eigenvalue weighted by Gasteiger charge is 2.22. The second kappa shape index (κ2) is 6.63. The smallest absolute Gasteiger partial charge is 0.410 e. The van der Waals surface area contributed by atoms with Crippen LogP contribution in [0, 0.1) is 5.82 Å². The van der Waals surface area contributed by atoms with Gasteiger partial charge in [-0.3, -0.25) is 0 Å². The fourth-order valence-corrected chi connectivity index (χ4v) is 1.45. The zero-order valence-corrected chi connectivity index (χ0v) is 9.57. The van der Waals surface area contributed by atoms with Crippen molar-refractivity contribution >= 4 is 12.6 Å². The average Bonchev–Trinajstić information content (AvgIpc) is 2.31. The summed E-state index contributed by atoms with van der Waals surface area (Å²) in [5.41, 5.74) is 1.16. The van der Waals surface area contributed by atoms with E-state index in [1.165, 1.54) is 19.2 Å². The second-order valence-electron chi connectivity index (χ2n) is 3.44. The van der Waals surface area contributed by atoms with E-state index in [0.717, 1.165) is 6.42 Å². The van der Waals surface area contributed by atoms with Crippen LogP contribution in [-0.2, 0) is 15.9 Å². The number of benzene rings is 1. The van der Waals surface area contributed by atoms with Gasteiger partial charge in [-0.25, -0.2) is 4.39 Å². The van der Waals surface area contributed by atoms with E-state index in [4.69, 9.17) is 14.4 Å². The summed E-state index contributed by atoms with van der Waals surface area (Å²) in [5.74, 6) is -0.377. The molecular weight excluding hydrogens is 210 g/mol. The SMILES string of the molecule is CCCOB(OC)c1ccc(F)cc1CO. The van der Waals surface area contributed by atoms with Crippen molar-refractivity contribution < 1.29 is 18.8 Å². The molecule has 5 heteroatoms. The fourth-order valence-electron chi connectivity index (χ4n) is 1.45. The molecule has 3 nitrogen and oxygen atoms in total. The summed E-state index contributed by atoms with van der Waals surface area (Å²) in [6.45, 7) is 2.31. The van der Waals surface area contributed by atoms with Crippen molar-refractivity contribution in [3.8, 4) is 0 Å². The summed E-state index contributed by atoms with van der Waals surface area (Å²) >= 11 is 0. The lowest BCUT2D eigenvalue weighted by atomic mass is 9.76. The minimum atomic E-state index is -0.553. The molecule has 0 saturated carbocycles. The van der Waals surface area contributed by atoms with Crippen molar-refractivity contribution in [2.45, 2.75) is 20.0 Å². The van der Waals surface area contributed by atoms with E-state index in [1.54, 1.807) is 6.07 Å². The van der Waals surface area contributed by atoms with Crippen LogP contribution in [0.2, 0.25) is 0 Å². The Morgan fingerprint density at radius 3 is 2.75 bits per heavy atom. The monoisotopic (exact) mass is 226 g/mol. The van der Waals surface area contributed by atoms with Gasteiger partial charge in [0.2, 0.25) is 0 Å². The summed E-state index contributed by atoms with van der Waals surface area (Å²) in [6.07, 6.45) is 0.871. The van der Waals surface area contributed by atoms with Gasteiger partial charge in [-0.05, 0) is 29.6 Å². The molecule has 0 bridgehead atoms. The van der Waals surface area contributed by atoms with Gasteiger partial charge in [-0.2, -0.15) is 0 Å². The molecule has 0 amide bonds. The molecule has 0 aliphatic heterocycles. The molecule has 1 aromatic rings. The second-order valence-corrected chi connectivity index (χ2v) is 3.44. The molecule has 1 rings (SSSR count). The third-order valence-electron chi connectivity index (χ3n) is 2.22. The van der Waals surface area contributed by atoms with Crippen LogP contribution >= 0.6 is 0 Å². The predicted octanol–water partition coefficient (Wildman–Crippen LogP) is 1.09. The van der Waals surface area contributed by atoms with Crippen LogP contribution in [0.3, 0.4) is 0 Å². The van der Waals surface area contributed by atoms with Crippen LogP contribution < -0.4 is 5.46 Å². The van der Waals surface area contributed by atoms with Gasteiger partial charge in [-0.1, -0.05) is 13.0 Å². The fraction of sp³-hybridized carbons (Fsp3) is 0.455. The van der Waals surface area contributed by atoms with Crippen molar-refractivity contribution in [3.63, 3.8) is 0 Å². The molecule has 0 unspecified atom stereocenters. The van der Waals surface area contributed by atoms with Crippen LogP contribution in [0.1, 0.15) is 18.9 Å². The Balaban J connectivity index is 2.90. The van der Waals surface area contributed by atoms with Gasteiger partial charge in [0.05, 0.1) is 6.61 Å². The van der Waals surface area contributed by atoms with E-state index in [1.807, 2.05) is 6.92 Å². The standard InChI is InChI=1S/C11H16BFO3/c1-3-6-16-12(15-2)11-5-4-10(13)7-9(11)8-14/h4-5,7,14H,3,6,8H2,1-2H3. The normalized spacial score (nSPS) is 10.5. The molecule has 16 heavy (non-hydrogen) atoms. The first-order valence-electron chi connectivity index (χ1n) is 5.26. The summed E-state index contributed by atoms with van der Waals surface area (Å²) in [5, 5.41) is 9.13. The minimum Gasteiger partial charge on any atom is -0.410 e. The number of hydrogen-bond donors (Lipinski definition) is 1. The maximum atomic E-state index is 13.0. The van der Waals surface area contributed by atoms with E-state index < -0.39 is 7.12 Å². The lowest BCUT2D eigenvalue weighted by molar-refractivity contribution is 0.239. The van der Waals surface area contributed by atoms with Gasteiger partial charge in [-0.15, -0.1) is 0 Å². The highest BCUT2D eigenvalue weighted by atomic mass is 19.1. The molecular formula is C11H16BFO3. The predicted molar refractivity (Wildman–Crippen MR) is 61.0 cm³/mol. The maximum Gasteiger partial charge on any atom is 0.494 e. The lowest BCUT2D eigenvalue weighted by Crippen LogP contribution is -2.38. The molecule has 0 aromatic heterocycles. The van der Waals surface area contributed by atoms with E-state index in [-0.39, 0.29) is 12.4 Å². The minimum absolute atomic E-state index is 0.234. The van der Waals surface area contributed by atoms with Crippen molar-refractivity contribution in [3.05, 3.63) is 29.6 Å². The molecule has 0 aliphatic rings. The van der Waals surface area contributed by atoms with Crippen LogP contribution in [0.15, 0.2) is 18.2 Å². The van der Waals surface area contributed by atoms with Gasteiger partial charge in [0.25, 0.3) is 0 Å². The van der Waals surface area contributed by atoms with Crippen molar-refractivity contribution in [1.82, 2.24) is 0 Å². The molecule has 0 atom stereocenters. The molecule has 1 aromatic carbocycles. The quantitative estimate of drug-likeness (QED) is 0.738. The van der Waals surface area contributed by atoms with Gasteiger partial charge < -0.3 is 14.4 Å². The molecule has 0 fully saturated rings. The highest BCUT2D eigenvalue weighted by Crippen LogP contribution is 2.04. The van der Waals surface area contributed by atoms with E-state index in [0.29, 0.717) is 17.6 Å². The Morgan fingerprint density at radius 2 is 2.19 bits per heavy atom. The van der Waals surface area contributed by atoms with Gasteiger partial charge in [0.1, 0.15) is 5.82 Å². The molecule has 0 radical (unpaired) electrons. The number of halogens is 1. The molecule has 1 N–H and O–H groups in total. The molecule has 0 spiro atoms. The van der Waals surface area contributed by atoms with E-state index >= 15 is 0 Å². The Labute approximate surface area is 95.3 Å². The molecule has 0 aliphatic carbocycles. The first-order valence-corrected chi connectivity index (χ1v) is 5.26. The number of rotatable bonds is 6. The van der Waals surface area contributed by atoms with Crippen molar-refractivity contribution in [1.29, 1.82) is 0 Å². The highest BCUT2D eigenvalue weighted by molar-refractivity contribution is 6.61. The van der Waals surface area contributed by atoms with Crippen LogP contribution in [0.4, 0.5) is 4.39 Å². The Kier molecular flexibility index (Phi) is 5.45. The average molecular weight is 226 g/mol. The topological polar surface area (TPSA) is 38.7 Å². The summed E-state index contributed by atoms with van der Waals surface area (Å²) in [4.78, 5) is 0. The van der Waals surface area contributed by atoms with Crippen LogP contribution in [0.5, 0.6) is 0 Å². The third-order valence-corrected chi connectivity index (χ3v) is 2.22. The Hall–Kier alpha value is -0.905. The van der Waals surface area contributed by atoms with E-state index in [2.05, 4.69) is 0 Å². The van der Waals surface area contributed by atoms with Crippen LogP contribution in [0.25, 0.3) is 0 Å². The molecule has 0 heterocycles. The third kappa shape index (κ3) is 3.30. The van der Waals surface area contributed by atoms with Gasteiger partial charge >= 0.3 is 7.12 Å². The summed E-state index contributed by atoms with van der Waals surface area (Å²) < 4.78 is 23.6. The molecule has 0 saturated heterocycles. The van der Waals surface area contributed by atoms with E-state index in [9.17, 15) is 4.39 Å². The maximum absolute atomic E-state index is 13.0. The first-order chi connectivity index (χ1) is 7.72. The van der Waals surface area contributed by atoms with Crippen molar-refractivity contribution in [2.24, 2.45) is 0 Å². The molecule has 88 valence electrons. The van der Waals surface area contributed by atoms with Crippen molar-refractivity contribution in [2.75, 3.05) is 13.7 Å². The Morgan fingerprint density at radius 1 is 1.44 bits per heavy atom. The summed E-state index contributed by atoms with van der Waals surface area (Å²) in [6, 6.07) is 4.19. The number of aliphatic hydroxyl groups is 1. The van der Waals surface area contributed by atoms with Gasteiger partial charge in [0, 0.05) is 13.7 Å². The largest absolute Gasteiger partial charge is 0.494 e. The zero-order chi connectivity index (χ0) is 12.0. The number of aliphatic hydroxyl groups excluding tert-OH is 1.